The quantitative estimate of drug-likeness (QED) is 0.622. The summed E-state index contributed by atoms with van der Waals surface area (Å²) in [6.07, 6.45) is 0.258. The number of para-hydroxylation sites is 1. The van der Waals surface area contributed by atoms with Gasteiger partial charge in [-0.05, 0) is 29.3 Å². The molecule has 2 atom stereocenters. The molecule has 31 heavy (non-hydrogen) atoms. The Morgan fingerprint density at radius 2 is 1.77 bits per heavy atom. The molecule has 2 aromatic carbocycles. The predicted octanol–water partition coefficient (Wildman–Crippen LogP) is 1.96. The second-order valence-corrected chi connectivity index (χ2v) is 7.28. The average molecular weight is 422 g/mol. The molecule has 0 spiro atoms. The second-order valence-electron chi connectivity index (χ2n) is 7.28. The van der Waals surface area contributed by atoms with E-state index in [4.69, 9.17) is 9.47 Å². The molecule has 0 radical (unpaired) electrons. The molecule has 1 aliphatic heterocycles. The molecule has 4 rings (SSSR count). The van der Waals surface area contributed by atoms with Gasteiger partial charge in [-0.3, -0.25) is 4.79 Å². The van der Waals surface area contributed by atoms with E-state index in [1.54, 1.807) is 24.3 Å². The number of hydrogen-bond donors (Lipinski definition) is 2. The number of nitrogens with one attached hydrogen (secondary N) is 1. The van der Waals surface area contributed by atoms with Crippen LogP contribution in [-0.2, 0) is 25.5 Å². The maximum atomic E-state index is 12.8. The first-order valence-electron chi connectivity index (χ1n) is 9.77. The number of aliphatic hydroxyl groups is 1. The fourth-order valence-electron chi connectivity index (χ4n) is 4.26. The molecule has 160 valence electrons. The molecular formula is C23H22N2O6. The summed E-state index contributed by atoms with van der Waals surface area (Å²) < 4.78 is 9.74. The summed E-state index contributed by atoms with van der Waals surface area (Å²) in [5, 5.41) is 10.6. The van der Waals surface area contributed by atoms with Gasteiger partial charge in [0.15, 0.2) is 0 Å². The molecule has 0 bridgehead atoms. The van der Waals surface area contributed by atoms with Crippen LogP contribution in [0.15, 0.2) is 48.5 Å². The van der Waals surface area contributed by atoms with Crippen molar-refractivity contribution < 1.29 is 29.0 Å². The van der Waals surface area contributed by atoms with Gasteiger partial charge < -0.3 is 24.5 Å². The Balaban J connectivity index is 1.92. The molecule has 0 fully saturated rings. The molecule has 3 aromatic rings. The van der Waals surface area contributed by atoms with Gasteiger partial charge >= 0.3 is 11.9 Å². The minimum absolute atomic E-state index is 0.258. The maximum Gasteiger partial charge on any atom is 0.337 e. The lowest BCUT2D eigenvalue weighted by atomic mass is 9.87. The number of nitrogens with zero attached hydrogens (tertiary/aromatic N) is 1. The highest BCUT2D eigenvalue weighted by atomic mass is 16.5. The van der Waals surface area contributed by atoms with Crippen molar-refractivity contribution in [3.05, 3.63) is 70.9 Å². The third-order valence-corrected chi connectivity index (χ3v) is 5.68. The van der Waals surface area contributed by atoms with Crippen LogP contribution < -0.4 is 0 Å². The number of carbonyl (C=O) groups is 3. The number of fused-ring (bicyclic) bond motifs is 3. The number of esters is 2. The van der Waals surface area contributed by atoms with E-state index >= 15 is 0 Å². The molecule has 8 heteroatoms. The number of carbonyl (C=O) groups excluding carboxylic acids is 3. The Labute approximate surface area is 178 Å². The minimum atomic E-state index is -0.901. The lowest BCUT2D eigenvalue weighted by Crippen LogP contribution is -2.52. The number of rotatable bonds is 4. The average Bonchev–Trinajstić information content (AvgIpc) is 3.19. The molecule has 0 unspecified atom stereocenters. The van der Waals surface area contributed by atoms with Gasteiger partial charge in [0, 0.05) is 23.0 Å². The molecule has 0 saturated heterocycles. The summed E-state index contributed by atoms with van der Waals surface area (Å²) in [7, 11) is 2.57. The monoisotopic (exact) mass is 422 g/mol. The Morgan fingerprint density at radius 3 is 2.42 bits per heavy atom. The highest BCUT2D eigenvalue weighted by Gasteiger charge is 2.43. The van der Waals surface area contributed by atoms with Gasteiger partial charge in [0.1, 0.15) is 12.6 Å². The van der Waals surface area contributed by atoms with Gasteiger partial charge in [0.2, 0.25) is 5.91 Å². The lowest BCUT2D eigenvalue weighted by molar-refractivity contribution is -0.156. The standard InChI is InChI=1S/C23H22N2O6/c1-30-22(28)14-9-7-13(8-10-14)21-20-16(15-5-3-4-6-17(15)24-20)11-18(23(29)31-2)25(21)19(27)12-26/h3-10,18,21,24,26H,11-12H2,1-2H3/t18-,21+/m1/s1. The van der Waals surface area contributed by atoms with Crippen molar-refractivity contribution in [3.63, 3.8) is 0 Å². The van der Waals surface area contributed by atoms with Gasteiger partial charge in [-0.15, -0.1) is 0 Å². The van der Waals surface area contributed by atoms with Gasteiger partial charge in [0.05, 0.1) is 25.8 Å². The lowest BCUT2D eigenvalue weighted by Gasteiger charge is -2.40. The number of methoxy groups -OCH3 is 2. The normalized spacial score (nSPS) is 17.8. The fourth-order valence-corrected chi connectivity index (χ4v) is 4.26. The number of aliphatic hydroxyl groups excluding tert-OH is 1. The Bertz CT molecular complexity index is 1150. The summed E-state index contributed by atoms with van der Waals surface area (Å²) in [6.45, 7) is -0.750. The summed E-state index contributed by atoms with van der Waals surface area (Å²) in [6, 6.07) is 12.8. The van der Waals surface area contributed by atoms with Crippen molar-refractivity contribution in [1.82, 2.24) is 9.88 Å². The van der Waals surface area contributed by atoms with E-state index in [2.05, 4.69) is 4.98 Å². The Hall–Kier alpha value is -3.65. The largest absolute Gasteiger partial charge is 0.467 e. The summed E-state index contributed by atoms with van der Waals surface area (Å²) >= 11 is 0. The number of H-pyrrole nitrogens is 1. The van der Waals surface area contributed by atoms with Crippen LogP contribution in [0.2, 0.25) is 0 Å². The Kier molecular flexibility index (Phi) is 5.48. The molecule has 0 saturated carbocycles. The van der Waals surface area contributed by atoms with Crippen LogP contribution in [-0.4, -0.2) is 59.7 Å². The zero-order chi connectivity index (χ0) is 22.1. The highest BCUT2D eigenvalue weighted by Crippen LogP contribution is 2.41. The third-order valence-electron chi connectivity index (χ3n) is 5.68. The van der Waals surface area contributed by atoms with Crippen molar-refractivity contribution in [1.29, 1.82) is 0 Å². The first-order valence-corrected chi connectivity index (χ1v) is 9.77. The van der Waals surface area contributed by atoms with Crippen molar-refractivity contribution in [2.75, 3.05) is 20.8 Å². The topological polar surface area (TPSA) is 109 Å². The molecule has 1 aliphatic rings. The molecule has 2 heterocycles. The highest BCUT2D eigenvalue weighted by molar-refractivity contribution is 5.92. The molecule has 1 amide bonds. The van der Waals surface area contributed by atoms with E-state index < -0.39 is 36.5 Å². The van der Waals surface area contributed by atoms with Crippen LogP contribution in [0.5, 0.6) is 0 Å². The number of ether oxygens (including phenoxy) is 2. The van der Waals surface area contributed by atoms with Crippen molar-refractivity contribution in [3.8, 4) is 0 Å². The van der Waals surface area contributed by atoms with Crippen molar-refractivity contribution in [2.24, 2.45) is 0 Å². The minimum Gasteiger partial charge on any atom is -0.467 e. The number of benzene rings is 2. The van der Waals surface area contributed by atoms with Gasteiger partial charge in [-0.25, -0.2) is 9.59 Å². The number of aromatic nitrogens is 1. The number of aromatic amines is 1. The molecular weight excluding hydrogens is 400 g/mol. The molecule has 8 nitrogen and oxygen atoms in total. The molecule has 0 aliphatic carbocycles. The molecule has 2 N–H and O–H groups in total. The second kappa shape index (κ2) is 8.23. The fraction of sp³-hybridized carbons (Fsp3) is 0.261. The van der Waals surface area contributed by atoms with E-state index in [-0.39, 0.29) is 6.42 Å². The first-order chi connectivity index (χ1) is 15.0. The summed E-state index contributed by atoms with van der Waals surface area (Å²) in [5.74, 6) is -1.63. The van der Waals surface area contributed by atoms with Crippen LogP contribution in [0.3, 0.4) is 0 Å². The van der Waals surface area contributed by atoms with E-state index in [0.717, 1.165) is 22.2 Å². The number of hydrogen-bond acceptors (Lipinski definition) is 6. The van der Waals surface area contributed by atoms with E-state index in [9.17, 15) is 19.5 Å². The van der Waals surface area contributed by atoms with Crippen LogP contribution in [0.4, 0.5) is 0 Å². The number of amides is 1. The van der Waals surface area contributed by atoms with E-state index in [1.165, 1.54) is 19.1 Å². The van der Waals surface area contributed by atoms with E-state index in [1.807, 2.05) is 24.3 Å². The zero-order valence-electron chi connectivity index (χ0n) is 17.1. The SMILES string of the molecule is COC(=O)c1ccc([C@H]2c3[nH]c4ccccc4c3C[C@H](C(=O)OC)N2C(=O)CO)cc1. The smallest absolute Gasteiger partial charge is 0.337 e. The van der Waals surface area contributed by atoms with Crippen LogP contribution in [0.25, 0.3) is 10.9 Å². The van der Waals surface area contributed by atoms with Crippen LogP contribution >= 0.6 is 0 Å². The third kappa shape index (κ3) is 3.44. The first kappa shape index (κ1) is 20.6. The maximum absolute atomic E-state index is 12.8. The zero-order valence-corrected chi connectivity index (χ0v) is 17.1. The summed E-state index contributed by atoms with van der Waals surface area (Å²) in [5.41, 5.74) is 3.59. The van der Waals surface area contributed by atoms with Crippen molar-refractivity contribution >= 4 is 28.7 Å². The predicted molar refractivity (Wildman–Crippen MR) is 111 cm³/mol. The molecule has 1 aromatic heterocycles. The Morgan fingerprint density at radius 1 is 1.06 bits per heavy atom. The van der Waals surface area contributed by atoms with Crippen LogP contribution in [0.1, 0.15) is 33.2 Å². The van der Waals surface area contributed by atoms with Gasteiger partial charge in [0.25, 0.3) is 0 Å². The van der Waals surface area contributed by atoms with Crippen molar-refractivity contribution in [2.45, 2.75) is 18.5 Å². The van der Waals surface area contributed by atoms with Gasteiger partial charge in [-0.2, -0.15) is 0 Å². The van der Waals surface area contributed by atoms with Gasteiger partial charge in [-0.1, -0.05) is 30.3 Å². The van der Waals surface area contributed by atoms with E-state index in [0.29, 0.717) is 11.1 Å². The van der Waals surface area contributed by atoms with Crippen LogP contribution in [0, 0.1) is 0 Å². The summed E-state index contributed by atoms with van der Waals surface area (Å²) in [4.78, 5) is 42.0.